The minimum Gasteiger partial charge on any atom is -0.463 e. The normalized spacial score (nSPS) is 14.7. The summed E-state index contributed by atoms with van der Waals surface area (Å²) >= 11 is 0. The fourth-order valence-electron chi connectivity index (χ4n) is 3.92. The molecule has 9 heteroatoms. The van der Waals surface area contributed by atoms with Gasteiger partial charge in [0.1, 0.15) is 0 Å². The summed E-state index contributed by atoms with van der Waals surface area (Å²) < 4.78 is 34.6. The Morgan fingerprint density at radius 3 is 2.55 bits per heavy atom. The Balaban J connectivity index is 1.66. The van der Waals surface area contributed by atoms with Crippen LogP contribution in [-0.4, -0.2) is 44.1 Å². The van der Waals surface area contributed by atoms with Crippen molar-refractivity contribution in [1.29, 1.82) is 0 Å². The summed E-state index contributed by atoms with van der Waals surface area (Å²) in [5, 5.41) is 0. The van der Waals surface area contributed by atoms with Crippen molar-refractivity contribution in [2.24, 2.45) is 0 Å². The average Bonchev–Trinajstić information content (AvgIpc) is 3.37. The Labute approximate surface area is 180 Å². The maximum absolute atomic E-state index is 13.8. The van der Waals surface area contributed by atoms with Crippen molar-refractivity contribution in [3.05, 3.63) is 41.2 Å². The number of fused-ring (bicyclic) bond motifs is 1. The fourth-order valence-corrected chi connectivity index (χ4v) is 3.92. The molecule has 1 aromatic carbocycles. The molecule has 1 aliphatic heterocycles. The van der Waals surface area contributed by atoms with Crippen molar-refractivity contribution in [3.63, 3.8) is 0 Å². The number of nitrogens with two attached hydrogens (primary N) is 1. The summed E-state index contributed by atoms with van der Waals surface area (Å²) in [5.74, 6) is -0.327. The Bertz CT molecular complexity index is 1030. The lowest BCUT2D eigenvalue weighted by atomic mass is 10.1. The van der Waals surface area contributed by atoms with Crippen molar-refractivity contribution < 1.29 is 13.5 Å². The van der Waals surface area contributed by atoms with Crippen LogP contribution in [0.25, 0.3) is 11.2 Å². The first kappa shape index (κ1) is 21.4. The maximum atomic E-state index is 13.8. The van der Waals surface area contributed by atoms with Crippen LogP contribution in [-0.2, 0) is 13.1 Å². The molecule has 1 saturated heterocycles. The van der Waals surface area contributed by atoms with Gasteiger partial charge in [0.25, 0.3) is 6.43 Å². The molecule has 31 heavy (non-hydrogen) atoms. The number of nitrogen functional groups attached to an aromatic ring is 1. The second kappa shape index (κ2) is 9.55. The topological polar surface area (TPSA) is 82.1 Å². The first-order valence-electron chi connectivity index (χ1n) is 10.8. The lowest BCUT2D eigenvalue weighted by Crippen LogP contribution is -2.18. The van der Waals surface area contributed by atoms with Gasteiger partial charge in [-0.3, -0.25) is 4.90 Å². The van der Waals surface area contributed by atoms with Crippen molar-refractivity contribution in [1.82, 2.24) is 24.4 Å². The maximum Gasteiger partial charge on any atom is 0.320 e. The van der Waals surface area contributed by atoms with Gasteiger partial charge in [-0.2, -0.15) is 9.97 Å². The predicted octanol–water partition coefficient (Wildman–Crippen LogP) is 4.17. The van der Waals surface area contributed by atoms with E-state index in [1.165, 1.54) is 23.0 Å². The van der Waals surface area contributed by atoms with Crippen molar-refractivity contribution in [2.45, 2.75) is 52.1 Å². The van der Waals surface area contributed by atoms with E-state index in [1.807, 2.05) is 19.1 Å². The van der Waals surface area contributed by atoms with E-state index >= 15 is 0 Å². The Morgan fingerprint density at radius 1 is 1.10 bits per heavy atom. The van der Waals surface area contributed by atoms with Gasteiger partial charge >= 0.3 is 6.01 Å². The van der Waals surface area contributed by atoms with E-state index in [1.54, 1.807) is 0 Å². The lowest BCUT2D eigenvalue weighted by molar-refractivity contribution is 0.136. The van der Waals surface area contributed by atoms with Crippen LogP contribution in [0.2, 0.25) is 0 Å². The van der Waals surface area contributed by atoms with Gasteiger partial charge in [-0.15, -0.1) is 0 Å². The van der Waals surface area contributed by atoms with E-state index in [-0.39, 0.29) is 35.4 Å². The van der Waals surface area contributed by atoms with Crippen LogP contribution in [0.15, 0.2) is 24.3 Å². The van der Waals surface area contributed by atoms with Gasteiger partial charge in [-0.25, -0.2) is 13.8 Å². The third-order valence-electron chi connectivity index (χ3n) is 5.49. The molecule has 0 radical (unpaired) electrons. The number of alkyl halides is 2. The fraction of sp³-hybridized carbons (Fsp3) is 0.500. The number of hydrogen-bond acceptors (Lipinski definition) is 6. The molecular weight excluding hydrogens is 402 g/mol. The highest BCUT2D eigenvalue weighted by Gasteiger charge is 2.23. The van der Waals surface area contributed by atoms with Crippen molar-refractivity contribution in [2.75, 3.05) is 25.4 Å². The quantitative estimate of drug-likeness (QED) is 0.513. The zero-order valence-electron chi connectivity index (χ0n) is 17.7. The van der Waals surface area contributed by atoms with Gasteiger partial charge in [-0.05, 0) is 43.5 Å². The molecule has 2 aromatic heterocycles. The molecule has 0 atom stereocenters. The van der Waals surface area contributed by atoms with Crippen LogP contribution >= 0.6 is 0 Å². The highest BCUT2D eigenvalue weighted by Crippen LogP contribution is 2.28. The van der Waals surface area contributed by atoms with E-state index in [4.69, 9.17) is 10.5 Å². The van der Waals surface area contributed by atoms with Crippen LogP contribution in [0.1, 0.15) is 56.0 Å². The molecule has 3 aromatic rings. The standard InChI is InChI=1S/C22H28F2N6O/c1-2-3-11-31-22-27-19(25)17-20(28-22)30(21(26-17)18(23)24)14-16-8-6-7-15(12-16)13-29-9-4-5-10-29/h6-8,12,18H,2-5,9-11,13-14H2,1H3,(H2,25,27,28). The molecule has 7 nitrogen and oxygen atoms in total. The minimum absolute atomic E-state index is 0.0416. The van der Waals surface area contributed by atoms with Crippen LogP contribution in [0.5, 0.6) is 6.01 Å². The first-order chi connectivity index (χ1) is 15.0. The minimum atomic E-state index is -2.76. The largest absolute Gasteiger partial charge is 0.463 e. The van der Waals surface area contributed by atoms with Crippen LogP contribution in [0.3, 0.4) is 0 Å². The first-order valence-corrected chi connectivity index (χ1v) is 10.8. The molecule has 3 heterocycles. The number of imidazole rings is 1. The van der Waals surface area contributed by atoms with E-state index in [0.717, 1.165) is 38.0 Å². The molecule has 1 aliphatic rings. The SMILES string of the molecule is CCCCOc1nc(N)c2nc(C(F)F)n(Cc3cccc(CN4CCCC4)c3)c2n1. The molecule has 166 valence electrons. The average molecular weight is 431 g/mol. The highest BCUT2D eigenvalue weighted by atomic mass is 19.3. The number of halogens is 2. The smallest absolute Gasteiger partial charge is 0.320 e. The van der Waals surface area contributed by atoms with Gasteiger partial charge in [-0.1, -0.05) is 37.6 Å². The molecule has 4 rings (SSSR count). The van der Waals surface area contributed by atoms with Crippen LogP contribution < -0.4 is 10.5 Å². The molecule has 0 aliphatic carbocycles. The second-order valence-electron chi connectivity index (χ2n) is 7.93. The lowest BCUT2D eigenvalue weighted by Gasteiger charge is -2.15. The molecule has 2 N–H and O–H groups in total. The number of unbranched alkanes of at least 4 members (excludes halogenated alkanes) is 1. The molecule has 0 bridgehead atoms. The van der Waals surface area contributed by atoms with E-state index in [2.05, 4.69) is 32.0 Å². The number of benzene rings is 1. The van der Waals surface area contributed by atoms with Crippen LogP contribution in [0.4, 0.5) is 14.6 Å². The Hall–Kier alpha value is -2.81. The van der Waals surface area contributed by atoms with E-state index < -0.39 is 6.43 Å². The van der Waals surface area contributed by atoms with Gasteiger partial charge in [0, 0.05) is 6.54 Å². The summed E-state index contributed by atoms with van der Waals surface area (Å²) in [7, 11) is 0. The predicted molar refractivity (Wildman–Crippen MR) is 115 cm³/mol. The molecule has 0 unspecified atom stereocenters. The Morgan fingerprint density at radius 2 is 1.84 bits per heavy atom. The summed E-state index contributed by atoms with van der Waals surface area (Å²) in [4.78, 5) is 14.9. The van der Waals surface area contributed by atoms with E-state index in [9.17, 15) is 8.78 Å². The molecule has 0 amide bonds. The monoisotopic (exact) mass is 430 g/mol. The van der Waals surface area contributed by atoms with Gasteiger partial charge in [0.05, 0.1) is 13.2 Å². The highest BCUT2D eigenvalue weighted by molar-refractivity contribution is 5.82. The molecule has 0 saturated carbocycles. The van der Waals surface area contributed by atoms with Gasteiger partial charge in [0.15, 0.2) is 22.8 Å². The summed E-state index contributed by atoms with van der Waals surface area (Å²) in [6, 6.07) is 8.11. The number of nitrogens with zero attached hydrogens (tertiary/aromatic N) is 5. The molecular formula is C22H28F2N6O. The van der Waals surface area contributed by atoms with Crippen LogP contribution in [0, 0.1) is 0 Å². The van der Waals surface area contributed by atoms with E-state index in [0.29, 0.717) is 6.61 Å². The summed E-state index contributed by atoms with van der Waals surface area (Å²) in [5.41, 5.74) is 8.50. The van der Waals surface area contributed by atoms with Gasteiger partial charge in [0.2, 0.25) is 0 Å². The number of ether oxygens (including phenoxy) is 1. The Kier molecular flexibility index (Phi) is 6.60. The third-order valence-corrected chi connectivity index (χ3v) is 5.49. The number of likely N-dealkylation sites (tertiary alicyclic amines) is 1. The summed E-state index contributed by atoms with van der Waals surface area (Å²) in [6.45, 7) is 5.77. The zero-order valence-corrected chi connectivity index (χ0v) is 17.7. The van der Waals surface area contributed by atoms with Crippen molar-refractivity contribution in [3.8, 4) is 6.01 Å². The zero-order chi connectivity index (χ0) is 21.8. The number of rotatable bonds is 9. The third kappa shape index (κ3) is 4.92. The number of anilines is 1. The van der Waals surface area contributed by atoms with Crippen molar-refractivity contribution >= 4 is 17.0 Å². The number of hydrogen-bond donors (Lipinski definition) is 1. The second-order valence-corrected chi connectivity index (χ2v) is 7.93. The molecule has 0 spiro atoms. The van der Waals surface area contributed by atoms with Gasteiger partial charge < -0.3 is 15.0 Å². The summed E-state index contributed by atoms with van der Waals surface area (Å²) in [6.07, 6.45) is 1.49. The molecule has 1 fully saturated rings. The number of aromatic nitrogens is 4.